The zero-order valence-electron chi connectivity index (χ0n) is 16.0. The van der Waals surface area contributed by atoms with Gasteiger partial charge in [0.2, 0.25) is 0 Å². The highest BCUT2D eigenvalue weighted by atomic mass is 32.1. The number of thiocarbonyl (C=S) groups is 1. The predicted molar refractivity (Wildman–Crippen MR) is 116 cm³/mol. The molecule has 0 atom stereocenters. The number of benzene rings is 2. The van der Waals surface area contributed by atoms with Gasteiger partial charge in [-0.2, -0.15) is 0 Å². The normalized spacial score (nSPS) is 10.7. The van der Waals surface area contributed by atoms with Crippen LogP contribution < -0.4 is 21.1 Å². The number of hydrogen-bond donors (Lipinski definition) is 3. The van der Waals surface area contributed by atoms with E-state index in [1.165, 1.54) is 12.1 Å². The molecule has 1 heterocycles. The number of anilines is 2. The summed E-state index contributed by atoms with van der Waals surface area (Å²) in [6.45, 7) is 2.56. The van der Waals surface area contributed by atoms with Gasteiger partial charge in [-0.1, -0.05) is 19.8 Å². The van der Waals surface area contributed by atoms with Crippen molar-refractivity contribution in [2.75, 3.05) is 17.7 Å². The first kappa shape index (κ1) is 20.6. The Kier molecular flexibility index (Phi) is 6.66. The van der Waals surface area contributed by atoms with Crippen LogP contribution in [-0.4, -0.2) is 17.6 Å². The lowest BCUT2D eigenvalue weighted by Crippen LogP contribution is -2.33. The van der Waals surface area contributed by atoms with Crippen LogP contribution in [0.15, 0.2) is 46.9 Å². The van der Waals surface area contributed by atoms with E-state index in [0.29, 0.717) is 29.0 Å². The first-order valence-electron chi connectivity index (χ1n) is 9.30. The summed E-state index contributed by atoms with van der Waals surface area (Å²) in [5.41, 5.74) is 7.23. The van der Waals surface area contributed by atoms with Gasteiger partial charge in [0.15, 0.2) is 22.4 Å². The third kappa shape index (κ3) is 5.45. The summed E-state index contributed by atoms with van der Waals surface area (Å²) in [5.74, 6) is -0.746. The lowest BCUT2D eigenvalue weighted by molar-refractivity contribution is 0.0953. The van der Waals surface area contributed by atoms with Crippen molar-refractivity contribution in [1.29, 1.82) is 0 Å². The smallest absolute Gasteiger partial charge is 0.293 e. The first-order chi connectivity index (χ1) is 14.0. The number of amides is 1. The van der Waals surface area contributed by atoms with Gasteiger partial charge in [-0.3, -0.25) is 10.1 Å². The van der Waals surface area contributed by atoms with Gasteiger partial charge in [0, 0.05) is 22.8 Å². The molecule has 3 rings (SSSR count). The van der Waals surface area contributed by atoms with Crippen LogP contribution in [0.5, 0.6) is 5.75 Å². The Balaban J connectivity index is 1.58. The van der Waals surface area contributed by atoms with Crippen LogP contribution in [0.2, 0.25) is 0 Å². The molecular formula is C21H22FN3O3S. The maximum absolute atomic E-state index is 14.2. The van der Waals surface area contributed by atoms with Crippen LogP contribution in [0, 0.1) is 5.82 Å². The van der Waals surface area contributed by atoms with Gasteiger partial charge < -0.3 is 20.2 Å². The number of ether oxygens (including phenoxy) is 1. The van der Waals surface area contributed by atoms with Crippen LogP contribution in [0.3, 0.4) is 0 Å². The number of carbonyl (C=O) groups excluding carboxylic acids is 1. The highest BCUT2D eigenvalue weighted by Gasteiger charge is 2.14. The number of furan rings is 1. The number of fused-ring (bicyclic) bond motifs is 1. The van der Waals surface area contributed by atoms with Crippen LogP contribution in [0.4, 0.5) is 15.8 Å². The molecule has 152 valence electrons. The highest BCUT2D eigenvalue weighted by Crippen LogP contribution is 2.23. The minimum Gasteiger partial charge on any atom is -0.491 e. The number of carbonyl (C=O) groups is 1. The Morgan fingerprint density at radius 3 is 2.79 bits per heavy atom. The molecule has 1 amide bonds. The molecule has 0 unspecified atom stereocenters. The van der Waals surface area contributed by atoms with Crippen LogP contribution in [-0.2, 0) is 0 Å². The van der Waals surface area contributed by atoms with Gasteiger partial charge in [0.25, 0.3) is 5.91 Å². The summed E-state index contributed by atoms with van der Waals surface area (Å²) in [6, 6.07) is 11.1. The Morgan fingerprint density at radius 1 is 1.21 bits per heavy atom. The summed E-state index contributed by atoms with van der Waals surface area (Å²) >= 11 is 5.13. The fraction of sp³-hybridized carbons (Fsp3) is 0.238. The summed E-state index contributed by atoms with van der Waals surface area (Å²) in [4.78, 5) is 12.3. The summed E-state index contributed by atoms with van der Waals surface area (Å²) in [7, 11) is 0. The minimum absolute atomic E-state index is 0.0194. The molecule has 0 fully saturated rings. The number of nitrogens with one attached hydrogen (secondary N) is 2. The van der Waals surface area contributed by atoms with Crippen molar-refractivity contribution in [3.8, 4) is 5.75 Å². The lowest BCUT2D eigenvalue weighted by atomic mass is 10.2. The molecule has 0 aliphatic rings. The minimum atomic E-state index is -0.520. The molecule has 0 aliphatic heterocycles. The molecule has 3 aromatic rings. The van der Waals surface area contributed by atoms with Crippen molar-refractivity contribution in [1.82, 2.24) is 5.32 Å². The second-order valence-corrected chi connectivity index (χ2v) is 6.93. The third-order valence-electron chi connectivity index (χ3n) is 4.19. The number of halogens is 1. The Morgan fingerprint density at radius 2 is 2.03 bits per heavy atom. The van der Waals surface area contributed by atoms with Crippen molar-refractivity contribution in [3.05, 3.63) is 54.0 Å². The molecule has 0 saturated carbocycles. The second-order valence-electron chi connectivity index (χ2n) is 6.52. The summed E-state index contributed by atoms with van der Waals surface area (Å²) in [5, 5.41) is 6.01. The summed E-state index contributed by atoms with van der Waals surface area (Å²) < 4.78 is 25.1. The maximum Gasteiger partial charge on any atom is 0.293 e. The fourth-order valence-corrected chi connectivity index (χ4v) is 2.94. The van der Waals surface area contributed by atoms with Crippen molar-refractivity contribution < 1.29 is 18.3 Å². The lowest BCUT2D eigenvalue weighted by Gasteiger charge is -2.11. The predicted octanol–water partition coefficient (Wildman–Crippen LogP) is 4.85. The SMILES string of the molecule is CCCCCOc1ccc(NC(=S)NC(=O)c2cc3cc(N)ccc3o2)cc1F. The Bertz CT molecular complexity index is 1040. The van der Waals surface area contributed by atoms with Gasteiger partial charge in [-0.05, 0) is 55.0 Å². The number of unbranched alkanes of at least 4 members (excludes halogenated alkanes) is 2. The molecule has 0 saturated heterocycles. The number of rotatable bonds is 7. The monoisotopic (exact) mass is 415 g/mol. The van der Waals surface area contributed by atoms with Crippen LogP contribution >= 0.6 is 12.2 Å². The van der Waals surface area contributed by atoms with Crippen molar-refractivity contribution in [3.63, 3.8) is 0 Å². The number of nitrogen functional groups attached to an aromatic ring is 1. The molecular weight excluding hydrogens is 393 g/mol. The molecule has 0 spiro atoms. The average molecular weight is 415 g/mol. The van der Waals surface area contributed by atoms with Crippen molar-refractivity contribution in [2.45, 2.75) is 26.2 Å². The van der Waals surface area contributed by atoms with Crippen molar-refractivity contribution in [2.24, 2.45) is 0 Å². The standard InChI is InChI=1S/C21H22FN3O3S/c1-2-3-4-9-27-18-8-6-15(12-16(18)22)24-21(29)25-20(26)19-11-13-10-14(23)5-7-17(13)28-19/h5-8,10-12H,2-4,9,23H2,1H3,(H2,24,25,26,29). The van der Waals surface area contributed by atoms with Gasteiger partial charge in [-0.25, -0.2) is 4.39 Å². The molecule has 0 radical (unpaired) electrons. The van der Waals surface area contributed by atoms with Crippen molar-refractivity contribution >= 4 is 45.6 Å². The molecule has 8 heteroatoms. The van der Waals surface area contributed by atoms with E-state index < -0.39 is 11.7 Å². The topological polar surface area (TPSA) is 89.5 Å². The van der Waals surface area contributed by atoms with E-state index >= 15 is 0 Å². The zero-order valence-corrected chi connectivity index (χ0v) is 16.8. The van der Waals surface area contributed by atoms with E-state index in [-0.39, 0.29) is 16.6 Å². The number of nitrogens with two attached hydrogens (primary N) is 1. The van der Waals surface area contributed by atoms with E-state index in [9.17, 15) is 9.18 Å². The fourth-order valence-electron chi connectivity index (χ4n) is 2.73. The van der Waals surface area contributed by atoms with Gasteiger partial charge in [0.05, 0.1) is 6.61 Å². The van der Waals surface area contributed by atoms with Crippen LogP contribution in [0.25, 0.3) is 11.0 Å². The highest BCUT2D eigenvalue weighted by molar-refractivity contribution is 7.80. The van der Waals surface area contributed by atoms with E-state index in [2.05, 4.69) is 17.6 Å². The molecule has 29 heavy (non-hydrogen) atoms. The van der Waals surface area contributed by atoms with Gasteiger partial charge >= 0.3 is 0 Å². The molecule has 0 bridgehead atoms. The third-order valence-corrected chi connectivity index (χ3v) is 4.39. The quantitative estimate of drug-likeness (QED) is 0.290. The number of hydrogen-bond acceptors (Lipinski definition) is 5. The molecule has 1 aromatic heterocycles. The van der Waals surface area contributed by atoms with E-state index in [1.807, 2.05) is 0 Å². The van der Waals surface area contributed by atoms with E-state index in [1.54, 1.807) is 30.3 Å². The Labute approximate surface area is 173 Å². The maximum atomic E-state index is 14.2. The van der Waals surface area contributed by atoms with Gasteiger partial charge in [0.1, 0.15) is 5.58 Å². The van der Waals surface area contributed by atoms with E-state index in [4.69, 9.17) is 27.1 Å². The molecule has 0 aliphatic carbocycles. The Hall–Kier alpha value is -3.13. The second kappa shape index (κ2) is 9.38. The van der Waals surface area contributed by atoms with Gasteiger partial charge in [-0.15, -0.1) is 0 Å². The summed E-state index contributed by atoms with van der Waals surface area (Å²) in [6.07, 6.45) is 2.98. The molecule has 6 nitrogen and oxygen atoms in total. The zero-order chi connectivity index (χ0) is 20.8. The average Bonchev–Trinajstić information content (AvgIpc) is 3.10. The first-order valence-corrected chi connectivity index (χ1v) is 9.71. The molecule has 2 aromatic carbocycles. The largest absolute Gasteiger partial charge is 0.491 e. The molecule has 4 N–H and O–H groups in total. The van der Waals surface area contributed by atoms with Crippen LogP contribution in [0.1, 0.15) is 36.7 Å². The van der Waals surface area contributed by atoms with E-state index in [0.717, 1.165) is 19.3 Å².